The zero-order chi connectivity index (χ0) is 18.5. The lowest BCUT2D eigenvalue weighted by Crippen LogP contribution is -1.94. The molecular weight excluding hydrogens is 340 g/mol. The highest BCUT2D eigenvalue weighted by Crippen LogP contribution is 2.26. The van der Waals surface area contributed by atoms with Crippen molar-refractivity contribution in [1.29, 1.82) is 0 Å². The van der Waals surface area contributed by atoms with Crippen molar-refractivity contribution < 1.29 is 13.9 Å². The molecule has 0 spiro atoms. The fourth-order valence-electron chi connectivity index (χ4n) is 2.62. The van der Waals surface area contributed by atoms with Crippen molar-refractivity contribution in [3.8, 4) is 34.4 Å². The Kier molecular flexibility index (Phi) is 4.83. The summed E-state index contributed by atoms with van der Waals surface area (Å²) in [5.74, 6) is 2.51. The SMILES string of the molecule is COc1ccc(-c2nnc(-c3ccc(OCc4ccccc4)cc3)o2)cc1. The van der Waals surface area contributed by atoms with Gasteiger partial charge in [-0.2, -0.15) is 0 Å². The van der Waals surface area contributed by atoms with E-state index in [1.165, 1.54) is 0 Å². The predicted molar refractivity (Wildman–Crippen MR) is 102 cm³/mol. The summed E-state index contributed by atoms with van der Waals surface area (Å²) in [5, 5.41) is 8.27. The van der Waals surface area contributed by atoms with E-state index in [9.17, 15) is 0 Å². The van der Waals surface area contributed by atoms with Crippen LogP contribution in [0.5, 0.6) is 11.5 Å². The number of methoxy groups -OCH3 is 1. The zero-order valence-electron chi connectivity index (χ0n) is 14.8. The van der Waals surface area contributed by atoms with Crippen LogP contribution in [0.25, 0.3) is 22.9 Å². The Labute approximate surface area is 157 Å². The fraction of sp³-hybridized carbons (Fsp3) is 0.0909. The maximum absolute atomic E-state index is 5.80. The van der Waals surface area contributed by atoms with Gasteiger partial charge in [0.25, 0.3) is 0 Å². The van der Waals surface area contributed by atoms with Gasteiger partial charge in [0.2, 0.25) is 11.8 Å². The standard InChI is InChI=1S/C22H18N2O3/c1-25-19-11-7-17(8-12-19)21-23-24-22(27-21)18-9-13-20(14-10-18)26-15-16-5-3-2-4-6-16/h2-14H,15H2,1H3. The van der Waals surface area contributed by atoms with Crippen molar-refractivity contribution >= 4 is 0 Å². The molecule has 4 rings (SSSR count). The van der Waals surface area contributed by atoms with Crippen molar-refractivity contribution in [2.75, 3.05) is 7.11 Å². The number of ether oxygens (including phenoxy) is 2. The number of hydrogen-bond acceptors (Lipinski definition) is 5. The van der Waals surface area contributed by atoms with Crippen LogP contribution in [0.2, 0.25) is 0 Å². The molecule has 1 heterocycles. The van der Waals surface area contributed by atoms with Crippen LogP contribution in [0.15, 0.2) is 83.3 Å². The van der Waals surface area contributed by atoms with E-state index in [2.05, 4.69) is 10.2 Å². The van der Waals surface area contributed by atoms with Crippen molar-refractivity contribution in [3.63, 3.8) is 0 Å². The minimum Gasteiger partial charge on any atom is -0.497 e. The molecule has 0 N–H and O–H groups in total. The molecule has 0 atom stereocenters. The van der Waals surface area contributed by atoms with Gasteiger partial charge in [-0.15, -0.1) is 10.2 Å². The molecule has 0 saturated heterocycles. The molecule has 0 fully saturated rings. The van der Waals surface area contributed by atoms with E-state index in [1.807, 2.05) is 78.9 Å². The third-order valence-corrected chi connectivity index (χ3v) is 4.11. The molecule has 27 heavy (non-hydrogen) atoms. The Hall–Kier alpha value is -3.60. The lowest BCUT2D eigenvalue weighted by Gasteiger charge is -2.06. The summed E-state index contributed by atoms with van der Waals surface area (Å²) in [6.07, 6.45) is 0. The van der Waals surface area contributed by atoms with Crippen molar-refractivity contribution in [1.82, 2.24) is 10.2 Å². The molecule has 3 aromatic carbocycles. The number of benzene rings is 3. The zero-order valence-corrected chi connectivity index (χ0v) is 14.8. The van der Waals surface area contributed by atoms with Gasteiger partial charge in [0.1, 0.15) is 18.1 Å². The number of hydrogen-bond donors (Lipinski definition) is 0. The van der Waals surface area contributed by atoms with Gasteiger partial charge < -0.3 is 13.9 Å². The van der Waals surface area contributed by atoms with Gasteiger partial charge in [-0.1, -0.05) is 30.3 Å². The second kappa shape index (κ2) is 7.74. The van der Waals surface area contributed by atoms with Crippen LogP contribution in [0.3, 0.4) is 0 Å². The molecule has 0 aliphatic carbocycles. The Morgan fingerprint density at radius 1 is 0.704 bits per heavy atom. The average Bonchev–Trinajstić information content (AvgIpc) is 3.24. The highest BCUT2D eigenvalue weighted by Gasteiger charge is 2.11. The molecule has 4 aromatic rings. The van der Waals surface area contributed by atoms with Crippen LogP contribution in [-0.4, -0.2) is 17.3 Å². The number of nitrogens with zero attached hydrogens (tertiary/aromatic N) is 2. The fourth-order valence-corrected chi connectivity index (χ4v) is 2.62. The van der Waals surface area contributed by atoms with Crippen molar-refractivity contribution in [2.45, 2.75) is 6.61 Å². The minimum absolute atomic E-state index is 0.468. The molecule has 0 radical (unpaired) electrons. The Bertz CT molecular complexity index is 994. The molecule has 1 aromatic heterocycles. The summed E-state index contributed by atoms with van der Waals surface area (Å²) in [6, 6.07) is 25.2. The maximum Gasteiger partial charge on any atom is 0.248 e. The minimum atomic E-state index is 0.468. The van der Waals surface area contributed by atoms with Crippen molar-refractivity contribution in [2.24, 2.45) is 0 Å². The Morgan fingerprint density at radius 2 is 1.26 bits per heavy atom. The van der Waals surface area contributed by atoms with Gasteiger partial charge >= 0.3 is 0 Å². The third kappa shape index (κ3) is 3.98. The van der Waals surface area contributed by atoms with E-state index in [0.29, 0.717) is 18.4 Å². The third-order valence-electron chi connectivity index (χ3n) is 4.11. The van der Waals surface area contributed by atoms with Crippen LogP contribution in [0.4, 0.5) is 0 Å². The average molecular weight is 358 g/mol. The first-order valence-electron chi connectivity index (χ1n) is 8.57. The molecule has 0 unspecified atom stereocenters. The van der Waals surface area contributed by atoms with Crippen molar-refractivity contribution in [3.05, 3.63) is 84.4 Å². The first-order valence-corrected chi connectivity index (χ1v) is 8.57. The van der Waals surface area contributed by atoms with Gasteiger partial charge in [0, 0.05) is 11.1 Å². The summed E-state index contributed by atoms with van der Waals surface area (Å²) >= 11 is 0. The van der Waals surface area contributed by atoms with E-state index in [0.717, 1.165) is 28.2 Å². The Morgan fingerprint density at radius 3 is 1.81 bits per heavy atom. The summed E-state index contributed by atoms with van der Waals surface area (Å²) in [5.41, 5.74) is 2.81. The smallest absolute Gasteiger partial charge is 0.248 e. The van der Waals surface area contributed by atoms with Gasteiger partial charge in [-0.25, -0.2) is 0 Å². The van der Waals surface area contributed by atoms with Gasteiger partial charge in [0.15, 0.2) is 0 Å². The molecule has 5 heteroatoms. The summed E-state index contributed by atoms with van der Waals surface area (Å²) in [4.78, 5) is 0. The van der Waals surface area contributed by atoms with Crippen LogP contribution >= 0.6 is 0 Å². The number of rotatable bonds is 6. The predicted octanol–water partition coefficient (Wildman–Crippen LogP) is 4.99. The van der Waals surface area contributed by atoms with Gasteiger partial charge in [-0.05, 0) is 54.1 Å². The first kappa shape index (κ1) is 16.8. The second-order valence-electron chi connectivity index (χ2n) is 5.94. The molecule has 0 bridgehead atoms. The molecule has 0 aliphatic rings. The molecule has 0 saturated carbocycles. The van der Waals surface area contributed by atoms with E-state index in [-0.39, 0.29) is 0 Å². The molecule has 134 valence electrons. The highest BCUT2D eigenvalue weighted by atomic mass is 16.5. The van der Waals surface area contributed by atoms with E-state index < -0.39 is 0 Å². The van der Waals surface area contributed by atoms with Crippen LogP contribution < -0.4 is 9.47 Å². The summed E-state index contributed by atoms with van der Waals surface area (Å²) < 4.78 is 16.8. The topological polar surface area (TPSA) is 57.4 Å². The van der Waals surface area contributed by atoms with Crippen LogP contribution in [0.1, 0.15) is 5.56 Å². The summed E-state index contributed by atoms with van der Waals surface area (Å²) in [7, 11) is 1.63. The normalized spacial score (nSPS) is 10.6. The van der Waals surface area contributed by atoms with Crippen LogP contribution in [-0.2, 0) is 6.61 Å². The Balaban J connectivity index is 1.45. The lowest BCUT2D eigenvalue weighted by atomic mass is 10.2. The monoisotopic (exact) mass is 358 g/mol. The molecule has 5 nitrogen and oxygen atoms in total. The van der Waals surface area contributed by atoms with Gasteiger partial charge in [0.05, 0.1) is 7.11 Å². The molecule has 0 aliphatic heterocycles. The van der Waals surface area contributed by atoms with E-state index in [4.69, 9.17) is 13.9 Å². The molecular formula is C22H18N2O3. The maximum atomic E-state index is 5.80. The lowest BCUT2D eigenvalue weighted by molar-refractivity contribution is 0.306. The van der Waals surface area contributed by atoms with E-state index in [1.54, 1.807) is 7.11 Å². The molecule has 0 amide bonds. The highest BCUT2D eigenvalue weighted by molar-refractivity contribution is 5.59. The number of aromatic nitrogens is 2. The largest absolute Gasteiger partial charge is 0.497 e. The van der Waals surface area contributed by atoms with E-state index >= 15 is 0 Å². The van der Waals surface area contributed by atoms with Gasteiger partial charge in [-0.3, -0.25) is 0 Å². The van der Waals surface area contributed by atoms with Crippen LogP contribution in [0, 0.1) is 0 Å². The first-order chi connectivity index (χ1) is 13.3. The second-order valence-corrected chi connectivity index (χ2v) is 5.94. The quantitative estimate of drug-likeness (QED) is 0.486. The summed E-state index contributed by atoms with van der Waals surface area (Å²) in [6.45, 7) is 0.530.